The van der Waals surface area contributed by atoms with Crippen LogP contribution >= 0.6 is 11.6 Å². The van der Waals surface area contributed by atoms with Gasteiger partial charge in [0, 0.05) is 19.2 Å². The molecule has 0 fully saturated rings. The van der Waals surface area contributed by atoms with Crippen molar-refractivity contribution in [2.24, 2.45) is 0 Å². The Morgan fingerprint density at radius 3 is 2.61 bits per heavy atom. The average Bonchev–Trinajstić information content (AvgIpc) is 2.28. The van der Waals surface area contributed by atoms with Crippen molar-refractivity contribution < 1.29 is 13.3 Å². The summed E-state index contributed by atoms with van der Waals surface area (Å²) in [6.45, 7) is 0.513. The van der Waals surface area contributed by atoms with Gasteiger partial charge in [0.05, 0.1) is 9.95 Å². The zero-order valence-corrected chi connectivity index (χ0v) is 11.1. The van der Waals surface area contributed by atoms with Crippen LogP contribution < -0.4 is 10.0 Å². The first kappa shape index (κ1) is 14.8. The van der Waals surface area contributed by atoms with E-state index in [9.17, 15) is 18.5 Å². The Balaban J connectivity index is 3.19. The molecule has 0 amide bonds. The third kappa shape index (κ3) is 3.39. The number of halogens is 1. The fourth-order valence-electron chi connectivity index (χ4n) is 1.29. The number of nitrogens with zero attached hydrogens (tertiary/aromatic N) is 1. The van der Waals surface area contributed by atoms with Crippen LogP contribution in [-0.4, -0.2) is 33.5 Å². The molecule has 0 bridgehead atoms. The minimum Gasteiger partial charge on any atom is -0.318 e. The van der Waals surface area contributed by atoms with Gasteiger partial charge in [0.2, 0.25) is 10.0 Å². The highest BCUT2D eigenvalue weighted by atomic mass is 35.5. The van der Waals surface area contributed by atoms with Crippen molar-refractivity contribution in [3.05, 3.63) is 33.3 Å². The number of nitro groups is 1. The fraction of sp³-hybridized carbons (Fsp3) is 0.333. The van der Waals surface area contributed by atoms with Crippen molar-refractivity contribution in [2.75, 3.05) is 20.1 Å². The third-order valence-electron chi connectivity index (χ3n) is 2.08. The quantitative estimate of drug-likeness (QED) is 0.458. The number of hydrogen-bond donors (Lipinski definition) is 2. The Morgan fingerprint density at radius 1 is 1.39 bits per heavy atom. The predicted molar refractivity (Wildman–Crippen MR) is 67.2 cm³/mol. The van der Waals surface area contributed by atoms with Crippen LogP contribution in [-0.2, 0) is 10.0 Å². The molecule has 0 spiro atoms. The molecule has 0 atom stereocenters. The normalized spacial score (nSPS) is 11.4. The van der Waals surface area contributed by atoms with E-state index in [-0.39, 0.29) is 11.6 Å². The van der Waals surface area contributed by atoms with Crippen LogP contribution in [0.4, 0.5) is 5.69 Å². The number of likely N-dealkylation sites (N-methyl/N-ethyl adjacent to an activating group) is 1. The number of rotatable bonds is 6. The maximum atomic E-state index is 11.9. The molecule has 0 saturated heterocycles. The molecule has 1 aromatic rings. The van der Waals surface area contributed by atoms with E-state index >= 15 is 0 Å². The molecular weight excluding hydrogens is 282 g/mol. The first-order valence-electron chi connectivity index (χ1n) is 4.97. The highest BCUT2D eigenvalue weighted by Crippen LogP contribution is 2.30. The first-order chi connectivity index (χ1) is 8.40. The van der Waals surface area contributed by atoms with Crippen LogP contribution in [0.3, 0.4) is 0 Å². The predicted octanol–water partition coefficient (Wildman–Crippen LogP) is 0.746. The molecule has 0 aliphatic heterocycles. The van der Waals surface area contributed by atoms with Crippen molar-refractivity contribution in [2.45, 2.75) is 4.90 Å². The number of hydrogen-bond acceptors (Lipinski definition) is 5. The fourth-order valence-corrected chi connectivity index (χ4v) is 3.02. The summed E-state index contributed by atoms with van der Waals surface area (Å²) >= 11 is 5.73. The zero-order valence-electron chi connectivity index (χ0n) is 9.51. The van der Waals surface area contributed by atoms with E-state index < -0.39 is 25.5 Å². The number of sulfonamides is 1. The van der Waals surface area contributed by atoms with Crippen LogP contribution in [0.25, 0.3) is 0 Å². The van der Waals surface area contributed by atoms with Crippen LogP contribution in [0.1, 0.15) is 0 Å². The van der Waals surface area contributed by atoms with E-state index in [1.807, 2.05) is 0 Å². The summed E-state index contributed by atoms with van der Waals surface area (Å²) < 4.78 is 26.1. The van der Waals surface area contributed by atoms with Crippen LogP contribution in [0.2, 0.25) is 5.02 Å². The lowest BCUT2D eigenvalue weighted by Gasteiger charge is -2.08. The molecule has 2 N–H and O–H groups in total. The van der Waals surface area contributed by atoms with Gasteiger partial charge in [-0.15, -0.1) is 0 Å². The van der Waals surface area contributed by atoms with E-state index in [4.69, 9.17) is 11.6 Å². The van der Waals surface area contributed by atoms with Crippen LogP contribution in [0, 0.1) is 10.1 Å². The van der Waals surface area contributed by atoms with Crippen molar-refractivity contribution in [3.63, 3.8) is 0 Å². The van der Waals surface area contributed by atoms with Gasteiger partial charge in [-0.05, 0) is 13.1 Å². The zero-order chi connectivity index (χ0) is 13.8. The third-order valence-corrected chi connectivity index (χ3v) is 4.06. The van der Waals surface area contributed by atoms with Gasteiger partial charge >= 0.3 is 0 Å². The minimum absolute atomic E-state index is 0.112. The van der Waals surface area contributed by atoms with Gasteiger partial charge in [-0.1, -0.05) is 17.7 Å². The number of benzene rings is 1. The highest BCUT2D eigenvalue weighted by molar-refractivity contribution is 7.89. The summed E-state index contributed by atoms with van der Waals surface area (Å²) in [4.78, 5) is 9.51. The molecule has 0 heterocycles. The summed E-state index contributed by atoms with van der Waals surface area (Å²) in [5.41, 5.74) is -0.542. The Kier molecular flexibility index (Phi) is 5.03. The Bertz CT molecular complexity index is 547. The van der Waals surface area contributed by atoms with E-state index in [0.717, 1.165) is 6.07 Å². The van der Waals surface area contributed by atoms with Gasteiger partial charge in [0.15, 0.2) is 4.90 Å². The van der Waals surface area contributed by atoms with E-state index in [2.05, 4.69) is 10.0 Å². The first-order valence-corrected chi connectivity index (χ1v) is 6.83. The summed E-state index contributed by atoms with van der Waals surface area (Å²) in [7, 11) is -2.34. The molecule has 1 rings (SSSR count). The molecule has 0 aromatic heterocycles. The van der Waals surface area contributed by atoms with Crippen molar-refractivity contribution in [1.29, 1.82) is 0 Å². The van der Waals surface area contributed by atoms with E-state index in [1.54, 1.807) is 7.05 Å². The van der Waals surface area contributed by atoms with Crippen molar-refractivity contribution in [1.82, 2.24) is 10.0 Å². The summed E-state index contributed by atoms with van der Waals surface area (Å²) in [5.74, 6) is 0. The van der Waals surface area contributed by atoms with Crippen molar-refractivity contribution >= 4 is 27.3 Å². The summed E-state index contributed by atoms with van der Waals surface area (Å²) in [6, 6.07) is 3.72. The lowest BCUT2D eigenvalue weighted by molar-refractivity contribution is -0.387. The molecule has 0 unspecified atom stereocenters. The van der Waals surface area contributed by atoms with E-state index in [0.29, 0.717) is 6.54 Å². The highest BCUT2D eigenvalue weighted by Gasteiger charge is 2.28. The van der Waals surface area contributed by atoms with Crippen LogP contribution in [0.15, 0.2) is 23.1 Å². The van der Waals surface area contributed by atoms with Gasteiger partial charge in [-0.3, -0.25) is 10.1 Å². The number of nitro benzene ring substituents is 1. The van der Waals surface area contributed by atoms with Gasteiger partial charge in [0.1, 0.15) is 0 Å². The van der Waals surface area contributed by atoms with Gasteiger partial charge < -0.3 is 5.32 Å². The molecule has 100 valence electrons. The second kappa shape index (κ2) is 6.10. The smallest absolute Gasteiger partial charge is 0.290 e. The van der Waals surface area contributed by atoms with Gasteiger partial charge in [-0.2, -0.15) is 0 Å². The second-order valence-corrected chi connectivity index (χ2v) is 5.46. The van der Waals surface area contributed by atoms with E-state index in [1.165, 1.54) is 12.1 Å². The van der Waals surface area contributed by atoms with Crippen LogP contribution in [0.5, 0.6) is 0 Å². The minimum atomic E-state index is -4.00. The van der Waals surface area contributed by atoms with Gasteiger partial charge in [0.25, 0.3) is 5.69 Å². The average molecular weight is 294 g/mol. The summed E-state index contributed by atoms with van der Waals surface area (Å²) in [6.07, 6.45) is 0. The van der Waals surface area contributed by atoms with Crippen molar-refractivity contribution in [3.8, 4) is 0 Å². The SMILES string of the molecule is CNCCNS(=O)(=O)c1c(Cl)cccc1[N+](=O)[O-]. The molecule has 1 aromatic carbocycles. The molecule has 18 heavy (non-hydrogen) atoms. The molecule has 0 radical (unpaired) electrons. The Labute approximate surface area is 109 Å². The lowest BCUT2D eigenvalue weighted by Crippen LogP contribution is -2.31. The van der Waals surface area contributed by atoms with Gasteiger partial charge in [-0.25, -0.2) is 13.1 Å². The topological polar surface area (TPSA) is 101 Å². The molecule has 0 aliphatic rings. The molecule has 0 aliphatic carbocycles. The molecule has 9 heteroatoms. The summed E-state index contributed by atoms with van der Waals surface area (Å²) in [5, 5.41) is 13.4. The standard InChI is InChI=1S/C9H12ClN3O4S/c1-11-5-6-12-18(16,17)9-7(10)3-2-4-8(9)13(14)15/h2-4,11-12H,5-6H2,1H3. The maximum Gasteiger partial charge on any atom is 0.290 e. The largest absolute Gasteiger partial charge is 0.318 e. The number of nitrogens with one attached hydrogen (secondary N) is 2. The Morgan fingerprint density at radius 2 is 2.06 bits per heavy atom. The monoisotopic (exact) mass is 293 g/mol. The lowest BCUT2D eigenvalue weighted by atomic mass is 10.3. The second-order valence-electron chi connectivity index (χ2n) is 3.35. The molecule has 7 nitrogen and oxygen atoms in total. The Hall–Kier alpha value is -1.22. The molecular formula is C9H12ClN3O4S. The maximum absolute atomic E-state index is 11.9. The molecule has 0 saturated carbocycles.